The van der Waals surface area contributed by atoms with E-state index in [9.17, 15) is 0 Å². The van der Waals surface area contributed by atoms with Crippen molar-refractivity contribution in [2.24, 2.45) is 5.92 Å². The van der Waals surface area contributed by atoms with Gasteiger partial charge in [-0.1, -0.05) is 18.9 Å². The second kappa shape index (κ2) is 4.56. The van der Waals surface area contributed by atoms with Gasteiger partial charge in [0.1, 0.15) is 0 Å². The van der Waals surface area contributed by atoms with Gasteiger partial charge in [-0.05, 0) is 37.9 Å². The van der Waals surface area contributed by atoms with Crippen LogP contribution in [0.25, 0.3) is 0 Å². The van der Waals surface area contributed by atoms with Gasteiger partial charge in [0.05, 0.1) is 11.7 Å². The van der Waals surface area contributed by atoms with Crippen molar-refractivity contribution < 1.29 is 0 Å². The molecule has 2 nitrogen and oxygen atoms in total. The van der Waals surface area contributed by atoms with Crippen molar-refractivity contribution in [3.63, 3.8) is 0 Å². The summed E-state index contributed by atoms with van der Waals surface area (Å²) in [5.41, 5.74) is 1.20. The third kappa shape index (κ3) is 1.95. The first-order chi connectivity index (χ1) is 6.92. The van der Waals surface area contributed by atoms with Gasteiger partial charge < -0.3 is 5.32 Å². The Bertz CT molecular complexity index is 265. The Morgan fingerprint density at radius 1 is 1.36 bits per heavy atom. The van der Waals surface area contributed by atoms with Gasteiger partial charge in [0.2, 0.25) is 0 Å². The number of aromatic nitrogens is 1. The van der Waals surface area contributed by atoms with Crippen molar-refractivity contribution in [1.29, 1.82) is 0 Å². The molecule has 1 saturated carbocycles. The molecule has 2 rings (SSSR count). The zero-order valence-electron chi connectivity index (χ0n) is 8.74. The maximum absolute atomic E-state index is 4.43. The molecule has 0 aliphatic heterocycles. The van der Waals surface area contributed by atoms with Gasteiger partial charge in [-0.25, -0.2) is 0 Å². The lowest BCUT2D eigenvalue weighted by atomic mass is 9.95. The number of pyridine rings is 1. The summed E-state index contributed by atoms with van der Waals surface area (Å²) < 4.78 is 0. The van der Waals surface area contributed by atoms with Crippen molar-refractivity contribution in [3.05, 3.63) is 30.1 Å². The molecule has 1 N–H and O–H groups in total. The maximum atomic E-state index is 4.43. The van der Waals surface area contributed by atoms with Gasteiger partial charge in [-0.2, -0.15) is 0 Å². The van der Waals surface area contributed by atoms with E-state index in [1.165, 1.54) is 31.4 Å². The lowest BCUT2D eigenvalue weighted by Crippen LogP contribution is -2.24. The Labute approximate surface area is 85.7 Å². The van der Waals surface area contributed by atoms with Crippen LogP contribution in [0.1, 0.15) is 37.4 Å². The number of nitrogens with one attached hydrogen (secondary N) is 1. The molecular weight excluding hydrogens is 172 g/mol. The highest BCUT2D eigenvalue weighted by Gasteiger charge is 2.25. The summed E-state index contributed by atoms with van der Waals surface area (Å²) in [5, 5.41) is 3.40. The summed E-state index contributed by atoms with van der Waals surface area (Å²) >= 11 is 0. The van der Waals surface area contributed by atoms with Gasteiger partial charge in [0.25, 0.3) is 0 Å². The van der Waals surface area contributed by atoms with Crippen LogP contribution >= 0.6 is 0 Å². The first-order valence-corrected chi connectivity index (χ1v) is 5.50. The van der Waals surface area contributed by atoms with Crippen LogP contribution in [0.3, 0.4) is 0 Å². The highest BCUT2D eigenvalue weighted by Crippen LogP contribution is 2.34. The summed E-state index contributed by atoms with van der Waals surface area (Å²) in [4.78, 5) is 4.43. The Morgan fingerprint density at radius 3 is 2.71 bits per heavy atom. The van der Waals surface area contributed by atoms with Crippen LogP contribution in [-0.2, 0) is 0 Å². The van der Waals surface area contributed by atoms with Crippen molar-refractivity contribution in [2.75, 3.05) is 7.05 Å². The zero-order chi connectivity index (χ0) is 9.80. The summed E-state index contributed by atoms with van der Waals surface area (Å²) in [7, 11) is 2.04. The Balaban J connectivity index is 2.12. The minimum atomic E-state index is 0.457. The fourth-order valence-corrected chi connectivity index (χ4v) is 2.48. The number of rotatable bonds is 3. The van der Waals surface area contributed by atoms with Crippen molar-refractivity contribution in [2.45, 2.75) is 31.7 Å². The van der Waals surface area contributed by atoms with Crippen LogP contribution in [0.2, 0.25) is 0 Å². The van der Waals surface area contributed by atoms with Gasteiger partial charge in [0.15, 0.2) is 0 Å². The summed E-state index contributed by atoms with van der Waals surface area (Å²) in [5.74, 6) is 0.787. The van der Waals surface area contributed by atoms with E-state index >= 15 is 0 Å². The second-order valence-corrected chi connectivity index (χ2v) is 4.07. The molecule has 1 aliphatic carbocycles. The topological polar surface area (TPSA) is 24.9 Å². The molecule has 14 heavy (non-hydrogen) atoms. The molecule has 1 unspecified atom stereocenters. The smallest absolute Gasteiger partial charge is 0.0575 e. The monoisotopic (exact) mass is 190 g/mol. The Hall–Kier alpha value is -0.890. The normalized spacial score (nSPS) is 19.8. The summed E-state index contributed by atoms with van der Waals surface area (Å²) in [6, 6.07) is 6.63. The van der Waals surface area contributed by atoms with Crippen molar-refractivity contribution in [1.82, 2.24) is 10.3 Å². The van der Waals surface area contributed by atoms with E-state index in [-0.39, 0.29) is 0 Å². The van der Waals surface area contributed by atoms with Gasteiger partial charge >= 0.3 is 0 Å². The molecule has 1 atom stereocenters. The fraction of sp³-hybridized carbons (Fsp3) is 0.583. The van der Waals surface area contributed by atoms with Crippen molar-refractivity contribution in [3.8, 4) is 0 Å². The number of hydrogen-bond donors (Lipinski definition) is 1. The molecule has 1 heterocycles. The molecule has 0 aromatic carbocycles. The minimum absolute atomic E-state index is 0.457. The molecule has 0 radical (unpaired) electrons. The van der Waals surface area contributed by atoms with E-state index in [0.29, 0.717) is 6.04 Å². The highest BCUT2D eigenvalue weighted by molar-refractivity contribution is 5.10. The van der Waals surface area contributed by atoms with Crippen LogP contribution in [0.4, 0.5) is 0 Å². The summed E-state index contributed by atoms with van der Waals surface area (Å²) in [6.45, 7) is 0. The molecule has 0 saturated heterocycles. The molecule has 1 aromatic rings. The molecule has 0 spiro atoms. The van der Waals surface area contributed by atoms with E-state index in [2.05, 4.69) is 22.4 Å². The third-order valence-electron chi connectivity index (χ3n) is 3.19. The highest BCUT2D eigenvalue weighted by atomic mass is 14.9. The van der Waals surface area contributed by atoms with E-state index < -0.39 is 0 Å². The molecule has 76 valence electrons. The number of hydrogen-bond acceptors (Lipinski definition) is 2. The average molecular weight is 190 g/mol. The molecule has 2 heteroatoms. The van der Waals surface area contributed by atoms with Gasteiger partial charge in [0, 0.05) is 6.20 Å². The molecule has 1 fully saturated rings. The Kier molecular flexibility index (Phi) is 3.14. The predicted molar refractivity (Wildman–Crippen MR) is 58.0 cm³/mol. The summed E-state index contributed by atoms with van der Waals surface area (Å²) in [6.07, 6.45) is 7.35. The quantitative estimate of drug-likeness (QED) is 0.792. The van der Waals surface area contributed by atoms with Crippen LogP contribution in [-0.4, -0.2) is 12.0 Å². The van der Waals surface area contributed by atoms with Gasteiger partial charge in [-0.15, -0.1) is 0 Å². The molecule has 0 bridgehead atoms. The molecule has 0 amide bonds. The maximum Gasteiger partial charge on any atom is 0.0575 e. The lowest BCUT2D eigenvalue weighted by molar-refractivity contribution is 0.383. The third-order valence-corrected chi connectivity index (χ3v) is 3.19. The van der Waals surface area contributed by atoms with Crippen LogP contribution in [0, 0.1) is 5.92 Å². The largest absolute Gasteiger partial charge is 0.311 e. The van der Waals surface area contributed by atoms with Crippen LogP contribution in [0.5, 0.6) is 0 Å². The lowest BCUT2D eigenvalue weighted by Gasteiger charge is -2.22. The van der Waals surface area contributed by atoms with E-state index in [0.717, 1.165) is 5.92 Å². The zero-order valence-corrected chi connectivity index (χ0v) is 8.74. The first-order valence-electron chi connectivity index (χ1n) is 5.50. The molecule has 1 aliphatic rings. The van der Waals surface area contributed by atoms with Crippen LogP contribution in [0.15, 0.2) is 24.4 Å². The SMILES string of the molecule is CNC(c1ccccn1)C1CCCC1. The standard InChI is InChI=1S/C12H18N2/c1-13-12(10-6-2-3-7-10)11-8-4-5-9-14-11/h4-5,8-10,12-13H,2-3,6-7H2,1H3. The first kappa shape index (κ1) is 9.66. The van der Waals surface area contributed by atoms with Crippen LogP contribution < -0.4 is 5.32 Å². The average Bonchev–Trinajstić information content (AvgIpc) is 2.74. The minimum Gasteiger partial charge on any atom is -0.311 e. The predicted octanol–water partition coefficient (Wildman–Crippen LogP) is 2.53. The fourth-order valence-electron chi connectivity index (χ4n) is 2.48. The van der Waals surface area contributed by atoms with Gasteiger partial charge in [-0.3, -0.25) is 4.98 Å². The second-order valence-electron chi connectivity index (χ2n) is 4.07. The van der Waals surface area contributed by atoms with Crippen molar-refractivity contribution >= 4 is 0 Å². The van der Waals surface area contributed by atoms with E-state index in [1.54, 1.807) is 0 Å². The van der Waals surface area contributed by atoms with E-state index in [1.807, 2.05) is 19.3 Å². The van der Waals surface area contributed by atoms with E-state index in [4.69, 9.17) is 0 Å². The Morgan fingerprint density at radius 2 is 2.14 bits per heavy atom. The number of nitrogens with zero attached hydrogens (tertiary/aromatic N) is 1. The molecule has 1 aromatic heterocycles. The molecular formula is C12H18N2.